The minimum Gasteiger partial charge on any atom is -0.379 e. The fraction of sp³-hybridized carbons (Fsp3) is 0.826. The molecule has 0 saturated carbocycles. The highest BCUT2D eigenvalue weighted by Gasteiger charge is 2.30. The van der Waals surface area contributed by atoms with Gasteiger partial charge in [0.25, 0.3) is 0 Å². The predicted molar refractivity (Wildman–Crippen MR) is 132 cm³/mol. The fourth-order valence-electron chi connectivity index (χ4n) is 4.53. The van der Waals surface area contributed by atoms with E-state index < -0.39 is 0 Å². The van der Waals surface area contributed by atoms with E-state index in [1.165, 1.54) is 0 Å². The highest BCUT2D eigenvalue weighted by Crippen LogP contribution is 2.24. The van der Waals surface area contributed by atoms with Crippen LogP contribution >= 0.6 is 0 Å². The first-order valence-corrected chi connectivity index (χ1v) is 12.7. The van der Waals surface area contributed by atoms with Crippen LogP contribution in [0.1, 0.15) is 40.5 Å². The third-order valence-electron chi connectivity index (χ3n) is 6.60. The van der Waals surface area contributed by atoms with Gasteiger partial charge in [-0.25, -0.2) is 0 Å². The summed E-state index contributed by atoms with van der Waals surface area (Å²) in [5.41, 5.74) is 0. The molecule has 1 atom stereocenters. The largest absolute Gasteiger partial charge is 0.379 e. The third-order valence-corrected chi connectivity index (χ3v) is 6.60. The van der Waals surface area contributed by atoms with Crippen molar-refractivity contribution in [1.82, 2.24) is 24.8 Å². The molecule has 1 aromatic rings. The summed E-state index contributed by atoms with van der Waals surface area (Å²) >= 11 is 0. The number of piperidine rings is 1. The Morgan fingerprint density at radius 2 is 1.76 bits per heavy atom. The molecular formula is C23H42N8O2. The number of carbonyl (C=O) groups excluding carboxylic acids is 1. The Morgan fingerprint density at radius 3 is 2.42 bits per heavy atom. The van der Waals surface area contributed by atoms with Crippen molar-refractivity contribution in [1.29, 1.82) is 0 Å². The molecule has 0 spiro atoms. The van der Waals surface area contributed by atoms with Gasteiger partial charge in [-0.05, 0) is 40.5 Å². The van der Waals surface area contributed by atoms with Gasteiger partial charge in [0.2, 0.25) is 23.8 Å². The van der Waals surface area contributed by atoms with Crippen LogP contribution in [0.25, 0.3) is 0 Å². The van der Waals surface area contributed by atoms with E-state index in [1.807, 2.05) is 18.7 Å². The van der Waals surface area contributed by atoms with E-state index in [4.69, 9.17) is 19.7 Å². The van der Waals surface area contributed by atoms with Crippen molar-refractivity contribution in [3.8, 4) is 0 Å². The lowest BCUT2D eigenvalue weighted by Crippen LogP contribution is -2.45. The van der Waals surface area contributed by atoms with Gasteiger partial charge in [-0.2, -0.15) is 15.0 Å². The zero-order valence-corrected chi connectivity index (χ0v) is 20.9. The van der Waals surface area contributed by atoms with Crippen molar-refractivity contribution in [3.63, 3.8) is 0 Å². The molecule has 3 rings (SSSR count). The smallest absolute Gasteiger partial charge is 0.231 e. The number of aromatic nitrogens is 3. The lowest BCUT2D eigenvalue weighted by Gasteiger charge is -2.35. The van der Waals surface area contributed by atoms with Gasteiger partial charge >= 0.3 is 0 Å². The van der Waals surface area contributed by atoms with Crippen LogP contribution in [0.5, 0.6) is 0 Å². The summed E-state index contributed by atoms with van der Waals surface area (Å²) < 4.78 is 5.44. The van der Waals surface area contributed by atoms with Gasteiger partial charge in [0.1, 0.15) is 0 Å². The van der Waals surface area contributed by atoms with Crippen LogP contribution in [-0.2, 0) is 9.53 Å². The molecule has 186 valence electrons. The molecule has 33 heavy (non-hydrogen) atoms. The number of hydrogen-bond acceptors (Lipinski definition) is 9. The molecule has 2 aliphatic heterocycles. The number of carbonyl (C=O) groups is 1. The number of morpholine rings is 1. The van der Waals surface area contributed by atoms with E-state index in [0.29, 0.717) is 24.4 Å². The number of ether oxygens (including phenoxy) is 1. The molecule has 3 heterocycles. The van der Waals surface area contributed by atoms with Crippen LogP contribution in [0.3, 0.4) is 0 Å². The zero-order chi connectivity index (χ0) is 23.6. The first-order chi connectivity index (χ1) is 16.1. The van der Waals surface area contributed by atoms with E-state index in [1.54, 1.807) is 0 Å². The first kappa shape index (κ1) is 25.4. The van der Waals surface area contributed by atoms with Crippen LogP contribution in [0, 0.1) is 5.92 Å². The lowest BCUT2D eigenvalue weighted by molar-refractivity contribution is -0.135. The van der Waals surface area contributed by atoms with Crippen LogP contribution in [0.15, 0.2) is 0 Å². The molecule has 2 saturated heterocycles. The highest BCUT2D eigenvalue weighted by atomic mass is 16.5. The number of rotatable bonds is 11. The lowest BCUT2D eigenvalue weighted by atomic mass is 9.96. The number of anilines is 3. The molecule has 0 aliphatic carbocycles. The Labute approximate surface area is 198 Å². The molecule has 0 aromatic carbocycles. The normalized spacial score (nSPS) is 19.4. The quantitative estimate of drug-likeness (QED) is 0.526. The van der Waals surface area contributed by atoms with Crippen LogP contribution in [-0.4, -0.2) is 109 Å². The molecule has 2 aliphatic rings. The van der Waals surface area contributed by atoms with Crippen molar-refractivity contribution >= 4 is 23.8 Å². The van der Waals surface area contributed by atoms with E-state index in [9.17, 15) is 4.79 Å². The second-order valence-corrected chi connectivity index (χ2v) is 8.61. The average molecular weight is 463 g/mol. The maximum absolute atomic E-state index is 13.0. The van der Waals surface area contributed by atoms with Gasteiger partial charge in [-0.15, -0.1) is 0 Å². The summed E-state index contributed by atoms with van der Waals surface area (Å²) in [5.74, 6) is 2.19. The topological polar surface area (TPSA) is 90.0 Å². The summed E-state index contributed by atoms with van der Waals surface area (Å²) in [6.45, 7) is 18.2. The fourth-order valence-corrected chi connectivity index (χ4v) is 4.53. The molecule has 0 radical (unpaired) electrons. The van der Waals surface area contributed by atoms with Crippen molar-refractivity contribution in [3.05, 3.63) is 0 Å². The maximum Gasteiger partial charge on any atom is 0.231 e. The summed E-state index contributed by atoms with van der Waals surface area (Å²) in [6, 6.07) is 0. The number of hydrogen-bond donors (Lipinski definition) is 1. The van der Waals surface area contributed by atoms with E-state index >= 15 is 0 Å². The van der Waals surface area contributed by atoms with Crippen LogP contribution in [0.2, 0.25) is 0 Å². The Kier molecular flexibility index (Phi) is 9.93. The Bertz CT molecular complexity index is 735. The van der Waals surface area contributed by atoms with Crippen molar-refractivity contribution < 1.29 is 9.53 Å². The van der Waals surface area contributed by atoms with Crippen molar-refractivity contribution in [2.75, 3.05) is 93.8 Å². The first-order valence-electron chi connectivity index (χ1n) is 12.7. The molecule has 1 N–H and O–H groups in total. The van der Waals surface area contributed by atoms with Crippen LogP contribution < -0.4 is 15.1 Å². The zero-order valence-electron chi connectivity index (χ0n) is 20.9. The van der Waals surface area contributed by atoms with E-state index in [0.717, 1.165) is 85.0 Å². The summed E-state index contributed by atoms with van der Waals surface area (Å²) in [7, 11) is 0. The summed E-state index contributed by atoms with van der Waals surface area (Å²) in [6.07, 6.45) is 1.88. The predicted octanol–water partition coefficient (Wildman–Crippen LogP) is 1.55. The van der Waals surface area contributed by atoms with E-state index in [-0.39, 0.29) is 11.8 Å². The van der Waals surface area contributed by atoms with Gasteiger partial charge in [-0.3, -0.25) is 9.69 Å². The van der Waals surface area contributed by atoms with Gasteiger partial charge in [-0.1, -0.05) is 0 Å². The molecule has 0 bridgehead atoms. The average Bonchev–Trinajstić information content (AvgIpc) is 2.86. The van der Waals surface area contributed by atoms with Gasteiger partial charge < -0.3 is 24.8 Å². The van der Waals surface area contributed by atoms with Gasteiger partial charge in [0.15, 0.2) is 0 Å². The molecule has 1 amide bonds. The summed E-state index contributed by atoms with van der Waals surface area (Å²) in [4.78, 5) is 35.9. The molecular weight excluding hydrogens is 420 g/mol. The number of nitrogens with zero attached hydrogens (tertiary/aromatic N) is 7. The molecule has 10 heteroatoms. The van der Waals surface area contributed by atoms with Gasteiger partial charge in [0.05, 0.1) is 19.1 Å². The molecule has 1 aromatic heterocycles. The maximum atomic E-state index is 13.0. The van der Waals surface area contributed by atoms with E-state index in [2.05, 4.69) is 33.9 Å². The second kappa shape index (κ2) is 12.9. The SMILES string of the molecule is CCN(CC)C(=O)C1CCCN(c2nc(NCCN3CCOCC3)nc(N(CC)CC)n2)C1. The minimum atomic E-state index is -0.00921. The van der Waals surface area contributed by atoms with Crippen molar-refractivity contribution in [2.24, 2.45) is 5.92 Å². The molecule has 2 fully saturated rings. The monoisotopic (exact) mass is 462 g/mol. The summed E-state index contributed by atoms with van der Waals surface area (Å²) in [5, 5.41) is 3.41. The molecule has 1 unspecified atom stereocenters. The highest BCUT2D eigenvalue weighted by molar-refractivity contribution is 5.79. The second-order valence-electron chi connectivity index (χ2n) is 8.61. The van der Waals surface area contributed by atoms with Gasteiger partial charge in [0, 0.05) is 65.4 Å². The Morgan fingerprint density at radius 1 is 1.03 bits per heavy atom. The molecule has 10 nitrogen and oxygen atoms in total. The number of amides is 1. The standard InChI is InChI=1S/C23H42N8O2/c1-5-29(6-2)20(32)19-10-9-12-31(18-19)23-26-21(25-22(27-23)30(7-3)8-4)24-11-13-28-14-16-33-17-15-28/h19H,5-18H2,1-4H3,(H,24,25,26,27). The Balaban J connectivity index is 1.74. The Hall–Kier alpha value is -2.20. The number of nitrogens with one attached hydrogen (secondary N) is 1. The minimum absolute atomic E-state index is 0.00921. The van der Waals surface area contributed by atoms with Crippen molar-refractivity contribution in [2.45, 2.75) is 40.5 Å². The van der Waals surface area contributed by atoms with Crippen LogP contribution in [0.4, 0.5) is 17.8 Å². The third kappa shape index (κ3) is 6.89.